The summed E-state index contributed by atoms with van der Waals surface area (Å²) in [5.74, 6) is 1.69. The molecule has 10 heteroatoms. The molecule has 0 aliphatic heterocycles. The third kappa shape index (κ3) is 9.33. The Morgan fingerprint density at radius 1 is 0.820 bits per heavy atom. The first kappa shape index (κ1) is 33.9. The van der Waals surface area contributed by atoms with Crippen LogP contribution in [-0.2, 0) is 17.7 Å². The highest BCUT2D eigenvalue weighted by atomic mass is 16.5. The molecule has 50 heavy (non-hydrogen) atoms. The molecule has 10 nitrogen and oxygen atoms in total. The quantitative estimate of drug-likeness (QED) is 0.0611. The van der Waals surface area contributed by atoms with Gasteiger partial charge in [-0.1, -0.05) is 47.7 Å². The van der Waals surface area contributed by atoms with Gasteiger partial charge in [-0.15, -0.1) is 5.10 Å². The van der Waals surface area contributed by atoms with E-state index < -0.39 is 0 Å². The van der Waals surface area contributed by atoms with Crippen LogP contribution in [0.15, 0.2) is 125 Å². The second-order valence-electron chi connectivity index (χ2n) is 11.5. The van der Waals surface area contributed by atoms with Crippen LogP contribution >= 0.6 is 0 Å². The maximum Gasteiger partial charge on any atom is 0.193 e. The molecular weight excluding hydrogens is 634 g/mol. The van der Waals surface area contributed by atoms with Gasteiger partial charge in [0, 0.05) is 17.8 Å². The fourth-order valence-corrected chi connectivity index (χ4v) is 5.22. The molecule has 0 amide bonds. The van der Waals surface area contributed by atoms with E-state index in [1.165, 1.54) is 18.2 Å². The Kier molecular flexibility index (Phi) is 11.5. The number of fused-ring (bicyclic) bond motifs is 1. The Balaban J connectivity index is 0.825. The molecule has 6 aromatic rings. The number of carbonyl (C=O) groups excluding carboxylic acids is 1. The van der Waals surface area contributed by atoms with E-state index in [0.717, 1.165) is 41.8 Å². The Bertz CT molecular complexity index is 2100. The van der Waals surface area contributed by atoms with Gasteiger partial charge in [0.25, 0.3) is 0 Å². The number of aryl methyl sites for hydroxylation is 1. The summed E-state index contributed by atoms with van der Waals surface area (Å²) >= 11 is 0. The van der Waals surface area contributed by atoms with E-state index in [2.05, 4.69) is 10.3 Å². The number of benzene rings is 4. The Hall–Kier alpha value is -6.00. The van der Waals surface area contributed by atoms with Gasteiger partial charge in [0.05, 0.1) is 43.0 Å². The van der Waals surface area contributed by atoms with Crippen molar-refractivity contribution in [2.45, 2.75) is 25.8 Å². The summed E-state index contributed by atoms with van der Waals surface area (Å²) in [5.41, 5.74) is 3.35. The number of ether oxygens (including phenoxy) is 3. The molecule has 6 rings (SSSR count). The summed E-state index contributed by atoms with van der Waals surface area (Å²) in [5, 5.41) is 18.9. The fraction of sp³-hybridized carbons (Fsp3) is 0.200. The number of hydrogen-bond acceptors (Lipinski definition) is 9. The molecule has 0 spiro atoms. The zero-order valence-electron chi connectivity index (χ0n) is 27.4. The second kappa shape index (κ2) is 16.9. The molecule has 4 aromatic carbocycles. The zero-order chi connectivity index (χ0) is 34.5. The van der Waals surface area contributed by atoms with E-state index in [9.17, 15) is 14.7 Å². The lowest BCUT2D eigenvalue weighted by molar-refractivity contribution is 0.0923. The third-order valence-electron chi connectivity index (χ3n) is 7.89. The van der Waals surface area contributed by atoms with Crippen LogP contribution in [0.1, 0.15) is 34.5 Å². The van der Waals surface area contributed by atoms with Crippen LogP contribution in [0.5, 0.6) is 17.2 Å². The van der Waals surface area contributed by atoms with Crippen molar-refractivity contribution in [2.75, 3.05) is 26.4 Å². The van der Waals surface area contributed by atoms with Crippen LogP contribution in [0, 0.1) is 0 Å². The summed E-state index contributed by atoms with van der Waals surface area (Å²) in [4.78, 5) is 24.7. The first-order valence-electron chi connectivity index (χ1n) is 16.5. The Morgan fingerprint density at radius 3 is 2.38 bits per heavy atom. The van der Waals surface area contributed by atoms with Crippen molar-refractivity contribution in [3.8, 4) is 28.6 Å². The van der Waals surface area contributed by atoms with Crippen LogP contribution in [0.2, 0.25) is 0 Å². The highest BCUT2D eigenvalue weighted by molar-refractivity contribution is 6.08. The first-order chi connectivity index (χ1) is 24.5. The standard InChI is InChI=1S/C40H37N3O7/c44-36-10-3-1-8-34(36)37(45)21-14-29-12-17-32(18-13-29)48-23-6-5-7-31-28-43(42-41-31)22-24-47-25-26-49-33-19-15-30(16-20-33)40-27-38(46)35-9-2-4-11-39(35)50-40/h1-4,8-21,27-28,44H,5-7,22-26H2. The molecule has 0 fully saturated rings. The van der Waals surface area contributed by atoms with Crippen LogP contribution in [0.25, 0.3) is 28.4 Å². The number of carbonyl (C=O) groups is 1. The van der Waals surface area contributed by atoms with E-state index in [0.29, 0.717) is 55.5 Å². The van der Waals surface area contributed by atoms with E-state index >= 15 is 0 Å². The van der Waals surface area contributed by atoms with Gasteiger partial charge in [0.15, 0.2) is 11.2 Å². The summed E-state index contributed by atoms with van der Waals surface area (Å²) in [6.45, 7) is 2.49. The third-order valence-corrected chi connectivity index (χ3v) is 7.89. The Labute approximate surface area is 289 Å². The molecule has 0 bridgehead atoms. The largest absolute Gasteiger partial charge is 0.507 e. The number of hydrogen-bond donors (Lipinski definition) is 1. The maximum atomic E-state index is 12.4. The number of phenolic OH excluding ortho intramolecular Hbond substituents is 1. The summed E-state index contributed by atoms with van der Waals surface area (Å²) < 4.78 is 25.1. The van der Waals surface area contributed by atoms with Gasteiger partial charge in [0.2, 0.25) is 0 Å². The lowest BCUT2D eigenvalue weighted by atomic mass is 10.1. The van der Waals surface area contributed by atoms with Gasteiger partial charge < -0.3 is 23.7 Å². The summed E-state index contributed by atoms with van der Waals surface area (Å²) in [7, 11) is 0. The number of phenols is 1. The van der Waals surface area contributed by atoms with Crippen molar-refractivity contribution >= 4 is 22.8 Å². The number of rotatable bonds is 17. The Morgan fingerprint density at radius 2 is 1.56 bits per heavy atom. The topological polar surface area (TPSA) is 126 Å². The monoisotopic (exact) mass is 671 g/mol. The van der Waals surface area contributed by atoms with Crippen molar-refractivity contribution in [3.05, 3.63) is 142 Å². The van der Waals surface area contributed by atoms with Crippen molar-refractivity contribution in [2.24, 2.45) is 0 Å². The van der Waals surface area contributed by atoms with Gasteiger partial charge in [-0.3, -0.25) is 9.59 Å². The lowest BCUT2D eigenvalue weighted by Crippen LogP contribution is -2.11. The number of unbranched alkanes of at least 4 members (excludes halogenated alkanes) is 1. The predicted molar refractivity (Wildman–Crippen MR) is 191 cm³/mol. The van der Waals surface area contributed by atoms with Crippen molar-refractivity contribution in [3.63, 3.8) is 0 Å². The SMILES string of the molecule is O=C(C=Cc1ccc(OCCCCc2cn(CCOCCOc3ccc(-c4cc(=O)c5ccccc5o4)cc3)nn2)cc1)c1ccccc1O. The van der Waals surface area contributed by atoms with Crippen molar-refractivity contribution < 1.29 is 28.5 Å². The van der Waals surface area contributed by atoms with Crippen LogP contribution in [-0.4, -0.2) is 52.3 Å². The van der Waals surface area contributed by atoms with Crippen LogP contribution in [0.4, 0.5) is 0 Å². The van der Waals surface area contributed by atoms with Gasteiger partial charge in [-0.05, 0) is 91.6 Å². The molecule has 0 aliphatic rings. The molecule has 2 heterocycles. The first-order valence-corrected chi connectivity index (χ1v) is 16.5. The lowest BCUT2D eigenvalue weighted by Gasteiger charge is -2.08. The molecule has 0 saturated heterocycles. The molecule has 0 atom stereocenters. The van der Waals surface area contributed by atoms with Gasteiger partial charge >= 0.3 is 0 Å². The molecular formula is C40H37N3O7. The molecule has 0 radical (unpaired) electrons. The van der Waals surface area contributed by atoms with E-state index in [4.69, 9.17) is 18.6 Å². The van der Waals surface area contributed by atoms with Gasteiger partial charge in [-0.2, -0.15) is 0 Å². The zero-order valence-corrected chi connectivity index (χ0v) is 27.4. The molecule has 1 N–H and O–H groups in total. The van der Waals surface area contributed by atoms with Crippen molar-refractivity contribution in [1.29, 1.82) is 0 Å². The van der Waals surface area contributed by atoms with E-state index in [1.54, 1.807) is 41.1 Å². The van der Waals surface area contributed by atoms with Gasteiger partial charge in [0.1, 0.15) is 35.2 Å². The molecule has 0 unspecified atom stereocenters. The molecule has 0 aliphatic carbocycles. The van der Waals surface area contributed by atoms with Crippen LogP contribution < -0.4 is 14.9 Å². The number of nitrogens with zero attached hydrogens (tertiary/aromatic N) is 3. The maximum absolute atomic E-state index is 12.4. The van der Waals surface area contributed by atoms with E-state index in [-0.39, 0.29) is 22.5 Å². The predicted octanol–water partition coefficient (Wildman–Crippen LogP) is 7.15. The second-order valence-corrected chi connectivity index (χ2v) is 11.5. The van der Waals surface area contributed by atoms with E-state index in [1.807, 2.05) is 66.9 Å². The van der Waals surface area contributed by atoms with Crippen LogP contribution in [0.3, 0.4) is 0 Å². The number of para-hydroxylation sites is 2. The number of ketones is 1. The molecule has 0 saturated carbocycles. The minimum atomic E-state index is -0.254. The highest BCUT2D eigenvalue weighted by Gasteiger charge is 2.08. The number of aromatic hydroxyl groups is 1. The normalized spacial score (nSPS) is 11.3. The minimum absolute atomic E-state index is 0.0305. The molecule has 2 aromatic heterocycles. The van der Waals surface area contributed by atoms with Gasteiger partial charge in [-0.25, -0.2) is 4.68 Å². The number of aromatic nitrogens is 3. The van der Waals surface area contributed by atoms with Crippen molar-refractivity contribution in [1.82, 2.24) is 15.0 Å². The highest BCUT2D eigenvalue weighted by Crippen LogP contribution is 2.24. The fourth-order valence-electron chi connectivity index (χ4n) is 5.22. The molecule has 254 valence electrons. The summed E-state index contributed by atoms with van der Waals surface area (Å²) in [6, 6.07) is 30.1. The average Bonchev–Trinajstić information content (AvgIpc) is 3.60. The number of allylic oxidation sites excluding steroid dienone is 1. The smallest absolute Gasteiger partial charge is 0.193 e. The summed E-state index contributed by atoms with van der Waals surface area (Å²) in [6.07, 6.45) is 7.69. The average molecular weight is 672 g/mol. The minimum Gasteiger partial charge on any atom is -0.507 e.